The third-order valence-corrected chi connectivity index (χ3v) is 2.89. The number of aromatic nitrogens is 4. The third-order valence-electron chi connectivity index (χ3n) is 2.10. The molecule has 0 bridgehead atoms. The summed E-state index contributed by atoms with van der Waals surface area (Å²) in [7, 11) is 0. The molecule has 2 rings (SSSR count). The van der Waals surface area contributed by atoms with Crippen molar-refractivity contribution in [1.82, 2.24) is 20.2 Å². The molecule has 18 heavy (non-hydrogen) atoms. The maximum absolute atomic E-state index is 8.59. The van der Waals surface area contributed by atoms with Crippen molar-refractivity contribution in [2.24, 2.45) is 0 Å². The van der Waals surface area contributed by atoms with E-state index in [2.05, 4.69) is 15.5 Å². The summed E-state index contributed by atoms with van der Waals surface area (Å²) in [4.78, 5) is 0. The van der Waals surface area contributed by atoms with Crippen LogP contribution in [0.4, 0.5) is 0 Å². The molecule has 1 heterocycles. The van der Waals surface area contributed by atoms with Crippen LogP contribution in [-0.2, 0) is 0 Å². The molecule has 0 aliphatic carbocycles. The first-order valence-corrected chi connectivity index (χ1v) is 6.35. The Kier molecular flexibility index (Phi) is 4.15. The number of tetrazole rings is 1. The number of nitriles is 1. The molecule has 0 unspecified atom stereocenters. The van der Waals surface area contributed by atoms with Crippen molar-refractivity contribution >= 4 is 11.8 Å². The maximum Gasteiger partial charge on any atom is 0.215 e. The molecule has 0 saturated heterocycles. The van der Waals surface area contributed by atoms with Crippen molar-refractivity contribution in [2.75, 3.05) is 12.4 Å². The summed E-state index contributed by atoms with van der Waals surface area (Å²) in [5.74, 6) is 1.02. The van der Waals surface area contributed by atoms with E-state index in [1.807, 2.05) is 37.3 Å². The van der Waals surface area contributed by atoms with Crippen LogP contribution in [0.2, 0.25) is 0 Å². The monoisotopic (exact) mass is 261 g/mol. The van der Waals surface area contributed by atoms with Crippen molar-refractivity contribution < 1.29 is 4.74 Å². The van der Waals surface area contributed by atoms with Crippen LogP contribution < -0.4 is 4.74 Å². The van der Waals surface area contributed by atoms with Gasteiger partial charge in [0.25, 0.3) is 0 Å². The molecular weight excluding hydrogens is 250 g/mol. The Hall–Kier alpha value is -2.07. The van der Waals surface area contributed by atoms with Gasteiger partial charge in [0.15, 0.2) is 0 Å². The lowest BCUT2D eigenvalue weighted by molar-refractivity contribution is 0.337. The number of ether oxygens (including phenoxy) is 1. The predicted molar refractivity (Wildman–Crippen MR) is 66.7 cm³/mol. The third kappa shape index (κ3) is 2.60. The van der Waals surface area contributed by atoms with Gasteiger partial charge in [-0.2, -0.15) is 9.94 Å². The summed E-state index contributed by atoms with van der Waals surface area (Å²) in [6, 6.07) is 9.56. The standard InChI is InChI=1S/C11H11N5OS/c1-2-17-10-6-4-3-5-9(10)16-11(13-14-15-16)18-8-7-12/h3-6H,2,8H2,1H3. The van der Waals surface area contributed by atoms with E-state index in [1.165, 1.54) is 11.8 Å². The van der Waals surface area contributed by atoms with Gasteiger partial charge in [0.1, 0.15) is 11.4 Å². The highest BCUT2D eigenvalue weighted by Gasteiger charge is 2.12. The van der Waals surface area contributed by atoms with E-state index in [9.17, 15) is 0 Å². The second-order valence-corrected chi connectivity index (χ2v) is 4.16. The van der Waals surface area contributed by atoms with Crippen LogP contribution in [0.25, 0.3) is 5.69 Å². The fraction of sp³-hybridized carbons (Fsp3) is 0.273. The number of para-hydroxylation sites is 2. The van der Waals surface area contributed by atoms with Crippen LogP contribution in [-0.4, -0.2) is 32.6 Å². The molecule has 92 valence electrons. The van der Waals surface area contributed by atoms with E-state index < -0.39 is 0 Å². The topological polar surface area (TPSA) is 76.6 Å². The number of thioether (sulfide) groups is 1. The fourth-order valence-electron chi connectivity index (χ4n) is 1.43. The second-order valence-electron chi connectivity index (χ2n) is 3.22. The molecule has 0 aliphatic heterocycles. The SMILES string of the molecule is CCOc1ccccc1-n1nnnc1SCC#N. The molecule has 1 aromatic heterocycles. The van der Waals surface area contributed by atoms with E-state index in [0.29, 0.717) is 23.3 Å². The molecule has 0 radical (unpaired) electrons. The highest BCUT2D eigenvalue weighted by molar-refractivity contribution is 7.99. The molecule has 2 aromatic rings. The molecule has 1 aromatic carbocycles. The van der Waals surface area contributed by atoms with Crippen molar-refractivity contribution in [3.63, 3.8) is 0 Å². The average molecular weight is 261 g/mol. The Balaban J connectivity index is 2.36. The summed E-state index contributed by atoms with van der Waals surface area (Å²) >= 11 is 1.29. The summed E-state index contributed by atoms with van der Waals surface area (Å²) in [6.07, 6.45) is 0. The molecule has 0 atom stereocenters. The molecular formula is C11H11N5OS. The first-order valence-electron chi connectivity index (χ1n) is 5.37. The first kappa shape index (κ1) is 12.4. The van der Waals surface area contributed by atoms with Crippen molar-refractivity contribution in [1.29, 1.82) is 5.26 Å². The lowest BCUT2D eigenvalue weighted by Crippen LogP contribution is -2.03. The summed E-state index contributed by atoms with van der Waals surface area (Å²) in [6.45, 7) is 2.49. The second kappa shape index (κ2) is 6.02. The van der Waals surface area contributed by atoms with Gasteiger partial charge in [-0.25, -0.2) is 0 Å². The van der Waals surface area contributed by atoms with E-state index in [1.54, 1.807) is 4.68 Å². The van der Waals surface area contributed by atoms with E-state index in [-0.39, 0.29) is 0 Å². The number of rotatable bonds is 5. The van der Waals surface area contributed by atoms with Gasteiger partial charge >= 0.3 is 0 Å². The number of hydrogen-bond donors (Lipinski definition) is 0. The Morgan fingerprint density at radius 3 is 3.06 bits per heavy atom. The molecule has 0 fully saturated rings. The maximum atomic E-state index is 8.59. The van der Waals surface area contributed by atoms with Crippen molar-refractivity contribution in [3.05, 3.63) is 24.3 Å². The van der Waals surface area contributed by atoms with Gasteiger partial charge in [-0.15, -0.1) is 5.10 Å². The zero-order valence-corrected chi connectivity index (χ0v) is 10.6. The summed E-state index contributed by atoms with van der Waals surface area (Å²) < 4.78 is 7.11. The minimum Gasteiger partial charge on any atom is -0.492 e. The molecule has 0 spiro atoms. The molecule has 7 heteroatoms. The van der Waals surface area contributed by atoms with Crippen molar-refractivity contribution in [3.8, 4) is 17.5 Å². The Morgan fingerprint density at radius 1 is 1.44 bits per heavy atom. The van der Waals surface area contributed by atoms with Gasteiger partial charge in [-0.3, -0.25) is 0 Å². The van der Waals surface area contributed by atoms with Crippen molar-refractivity contribution in [2.45, 2.75) is 12.1 Å². The van der Waals surface area contributed by atoms with Gasteiger partial charge in [0, 0.05) is 0 Å². The Bertz CT molecular complexity index is 563. The normalized spacial score (nSPS) is 10.0. The zero-order valence-electron chi connectivity index (χ0n) is 9.78. The molecule has 0 amide bonds. The summed E-state index contributed by atoms with van der Waals surface area (Å²) in [5, 5.41) is 20.6. The first-order chi connectivity index (χ1) is 8.86. The van der Waals surface area contributed by atoms with Crippen LogP contribution in [0.5, 0.6) is 5.75 Å². The lowest BCUT2D eigenvalue weighted by Gasteiger charge is -2.09. The minimum absolute atomic E-state index is 0.303. The van der Waals surface area contributed by atoms with Crippen LogP contribution >= 0.6 is 11.8 Å². The number of nitrogens with zero attached hydrogens (tertiary/aromatic N) is 5. The summed E-state index contributed by atoms with van der Waals surface area (Å²) in [5.41, 5.74) is 0.768. The molecule has 0 aliphatic rings. The fourth-order valence-corrected chi connectivity index (χ4v) is 1.97. The highest BCUT2D eigenvalue weighted by Crippen LogP contribution is 2.25. The van der Waals surface area contributed by atoms with Gasteiger partial charge in [-0.05, 0) is 29.5 Å². The van der Waals surface area contributed by atoms with E-state index in [0.717, 1.165) is 5.69 Å². The quantitative estimate of drug-likeness (QED) is 0.762. The smallest absolute Gasteiger partial charge is 0.215 e. The average Bonchev–Trinajstić information content (AvgIpc) is 2.85. The van der Waals surface area contributed by atoms with Crippen LogP contribution in [0.15, 0.2) is 29.4 Å². The highest BCUT2D eigenvalue weighted by atomic mass is 32.2. The molecule has 6 nitrogen and oxygen atoms in total. The molecule has 0 N–H and O–H groups in total. The number of benzene rings is 1. The van der Waals surface area contributed by atoms with Gasteiger partial charge in [0.2, 0.25) is 5.16 Å². The van der Waals surface area contributed by atoms with E-state index >= 15 is 0 Å². The zero-order chi connectivity index (χ0) is 12.8. The van der Waals surface area contributed by atoms with Gasteiger partial charge in [0.05, 0.1) is 18.4 Å². The van der Waals surface area contributed by atoms with Crippen LogP contribution in [0.3, 0.4) is 0 Å². The predicted octanol–water partition coefficient (Wildman–Crippen LogP) is 1.68. The largest absolute Gasteiger partial charge is 0.492 e. The Morgan fingerprint density at radius 2 is 2.28 bits per heavy atom. The van der Waals surface area contributed by atoms with Gasteiger partial charge < -0.3 is 4.74 Å². The van der Waals surface area contributed by atoms with Crippen LogP contribution in [0.1, 0.15) is 6.92 Å². The van der Waals surface area contributed by atoms with Crippen LogP contribution in [0, 0.1) is 11.3 Å². The minimum atomic E-state index is 0.303. The van der Waals surface area contributed by atoms with Gasteiger partial charge in [-0.1, -0.05) is 23.9 Å². The van der Waals surface area contributed by atoms with E-state index in [4.69, 9.17) is 10.00 Å². The molecule has 0 saturated carbocycles. The Labute approximate surface area is 109 Å². The number of hydrogen-bond acceptors (Lipinski definition) is 6. The lowest BCUT2D eigenvalue weighted by atomic mass is 10.3.